The van der Waals surface area contributed by atoms with Crippen LogP contribution in [0, 0.1) is 0 Å². The third-order valence-corrected chi connectivity index (χ3v) is 2.59. The van der Waals surface area contributed by atoms with Gasteiger partial charge in [-0.2, -0.15) is 5.10 Å². The zero-order valence-electron chi connectivity index (χ0n) is 7.60. The molecule has 0 spiro atoms. The van der Waals surface area contributed by atoms with Crippen molar-refractivity contribution in [1.29, 1.82) is 0 Å². The number of aromatic nitrogens is 3. The maximum absolute atomic E-state index is 10.3. The topological polar surface area (TPSA) is 90.9 Å². The van der Waals surface area contributed by atoms with Gasteiger partial charge in [-0.25, -0.2) is 9.78 Å². The Morgan fingerprint density at radius 1 is 1.67 bits per heavy atom. The molecule has 0 aliphatic rings. The number of hydrogen-bond acceptors (Lipinski definition) is 4. The van der Waals surface area contributed by atoms with Crippen LogP contribution in [0.3, 0.4) is 0 Å². The van der Waals surface area contributed by atoms with Gasteiger partial charge in [0.2, 0.25) is 0 Å². The van der Waals surface area contributed by atoms with E-state index in [4.69, 9.17) is 5.11 Å². The van der Waals surface area contributed by atoms with Crippen molar-refractivity contribution < 1.29 is 9.90 Å². The zero-order chi connectivity index (χ0) is 10.7. The third-order valence-electron chi connectivity index (χ3n) is 1.74. The first kappa shape index (κ1) is 9.66. The highest BCUT2D eigenvalue weighted by atomic mass is 32.1. The number of carbonyl (C=O) groups is 1. The van der Waals surface area contributed by atoms with Gasteiger partial charge in [0.1, 0.15) is 5.01 Å². The second kappa shape index (κ2) is 4.09. The molecule has 0 fully saturated rings. The average molecular weight is 224 g/mol. The van der Waals surface area contributed by atoms with E-state index in [1.54, 1.807) is 12.4 Å². The predicted octanol–water partition coefficient (Wildman–Crippen LogP) is 1.30. The highest BCUT2D eigenvalue weighted by Crippen LogP contribution is 2.20. The van der Waals surface area contributed by atoms with Crippen LogP contribution in [0.15, 0.2) is 17.8 Å². The fraction of sp³-hybridized carbons (Fsp3) is 0.125. The van der Waals surface area contributed by atoms with Crippen molar-refractivity contribution in [3.05, 3.63) is 22.8 Å². The minimum atomic E-state index is -1.05. The van der Waals surface area contributed by atoms with Gasteiger partial charge in [0.15, 0.2) is 0 Å². The van der Waals surface area contributed by atoms with Crippen molar-refractivity contribution in [2.24, 2.45) is 0 Å². The van der Waals surface area contributed by atoms with E-state index in [1.807, 2.05) is 5.38 Å². The van der Waals surface area contributed by atoms with E-state index in [0.29, 0.717) is 0 Å². The van der Waals surface area contributed by atoms with Gasteiger partial charge >= 0.3 is 6.09 Å². The smallest absolute Gasteiger partial charge is 0.405 e. The second-order valence-corrected chi connectivity index (χ2v) is 3.71. The highest BCUT2D eigenvalue weighted by Gasteiger charge is 2.05. The molecular formula is C8H8N4O2S. The van der Waals surface area contributed by atoms with Gasteiger partial charge in [0.25, 0.3) is 0 Å². The Bertz CT molecular complexity index is 451. The Balaban J connectivity index is 2.08. The summed E-state index contributed by atoms with van der Waals surface area (Å²) in [5, 5.41) is 19.8. The molecule has 0 unspecified atom stereocenters. The van der Waals surface area contributed by atoms with Gasteiger partial charge in [-0.15, -0.1) is 11.3 Å². The van der Waals surface area contributed by atoms with E-state index in [2.05, 4.69) is 20.5 Å². The van der Waals surface area contributed by atoms with Crippen molar-refractivity contribution in [2.45, 2.75) is 6.54 Å². The Kier molecular flexibility index (Phi) is 2.64. The van der Waals surface area contributed by atoms with Crippen LogP contribution in [0.1, 0.15) is 5.01 Å². The van der Waals surface area contributed by atoms with Crippen LogP contribution < -0.4 is 5.32 Å². The number of nitrogens with zero attached hydrogens (tertiary/aromatic N) is 2. The number of hydrogen-bond donors (Lipinski definition) is 3. The van der Waals surface area contributed by atoms with Crippen LogP contribution in [-0.4, -0.2) is 26.4 Å². The van der Waals surface area contributed by atoms with Crippen LogP contribution >= 0.6 is 11.3 Å². The lowest BCUT2D eigenvalue weighted by molar-refractivity contribution is 0.194. The number of nitrogens with one attached hydrogen (secondary N) is 2. The minimum Gasteiger partial charge on any atom is -0.465 e. The van der Waals surface area contributed by atoms with Gasteiger partial charge < -0.3 is 10.4 Å². The first-order chi connectivity index (χ1) is 7.25. The lowest BCUT2D eigenvalue weighted by Crippen LogP contribution is -2.19. The summed E-state index contributed by atoms with van der Waals surface area (Å²) >= 11 is 1.41. The van der Waals surface area contributed by atoms with Crippen LogP contribution in [0.5, 0.6) is 0 Å². The summed E-state index contributed by atoms with van der Waals surface area (Å²) < 4.78 is 0. The molecular weight excluding hydrogens is 216 g/mol. The Labute approximate surface area is 89.0 Å². The third kappa shape index (κ3) is 2.32. The molecule has 1 amide bonds. The van der Waals surface area contributed by atoms with Crippen molar-refractivity contribution in [3.63, 3.8) is 0 Å². The highest BCUT2D eigenvalue weighted by molar-refractivity contribution is 7.09. The number of rotatable bonds is 3. The Morgan fingerprint density at radius 3 is 3.20 bits per heavy atom. The van der Waals surface area contributed by atoms with Crippen LogP contribution in [0.4, 0.5) is 4.79 Å². The summed E-state index contributed by atoms with van der Waals surface area (Å²) in [5.74, 6) is 0. The summed E-state index contributed by atoms with van der Waals surface area (Å²) in [4.78, 5) is 14.5. The normalized spacial score (nSPS) is 10.1. The molecule has 6 nitrogen and oxygen atoms in total. The Hall–Kier alpha value is -1.89. The van der Waals surface area contributed by atoms with Gasteiger partial charge in [-0.3, -0.25) is 5.10 Å². The Morgan fingerprint density at radius 2 is 2.53 bits per heavy atom. The van der Waals surface area contributed by atoms with Gasteiger partial charge in [-0.05, 0) is 0 Å². The fourth-order valence-corrected chi connectivity index (χ4v) is 1.81. The molecule has 0 radical (unpaired) electrons. The summed E-state index contributed by atoms with van der Waals surface area (Å²) in [7, 11) is 0. The molecule has 0 saturated heterocycles. The van der Waals surface area contributed by atoms with E-state index in [9.17, 15) is 4.79 Å². The van der Waals surface area contributed by atoms with Crippen LogP contribution in [0.25, 0.3) is 11.3 Å². The zero-order valence-corrected chi connectivity index (χ0v) is 8.41. The maximum atomic E-state index is 10.3. The first-order valence-electron chi connectivity index (χ1n) is 4.16. The molecule has 78 valence electrons. The fourth-order valence-electron chi connectivity index (χ4n) is 1.07. The number of H-pyrrole nitrogens is 1. The molecule has 2 aromatic heterocycles. The summed E-state index contributed by atoms with van der Waals surface area (Å²) in [6.07, 6.45) is 2.36. The number of amides is 1. The number of thiazole rings is 1. The minimum absolute atomic E-state index is 0.234. The van der Waals surface area contributed by atoms with Crippen molar-refractivity contribution >= 4 is 17.4 Å². The standard InChI is InChI=1S/C8H8N4O2S/c13-8(14)9-3-7-12-6(4-15-7)5-1-10-11-2-5/h1-2,4,9H,3H2,(H,10,11)(H,13,14). The molecule has 7 heteroatoms. The van der Waals surface area contributed by atoms with E-state index >= 15 is 0 Å². The van der Waals surface area contributed by atoms with E-state index in [-0.39, 0.29) is 6.54 Å². The SMILES string of the molecule is O=C(O)NCc1nc(-c2cn[nH]c2)cs1. The van der Waals surface area contributed by atoms with Gasteiger partial charge in [0.05, 0.1) is 18.4 Å². The average Bonchev–Trinajstić information content (AvgIpc) is 2.85. The number of aromatic amines is 1. The monoisotopic (exact) mass is 224 g/mol. The molecule has 15 heavy (non-hydrogen) atoms. The van der Waals surface area contributed by atoms with E-state index in [1.165, 1.54) is 11.3 Å². The molecule has 0 aliphatic carbocycles. The van der Waals surface area contributed by atoms with E-state index in [0.717, 1.165) is 16.3 Å². The van der Waals surface area contributed by atoms with Crippen LogP contribution in [-0.2, 0) is 6.54 Å². The molecule has 2 heterocycles. The van der Waals surface area contributed by atoms with Crippen LogP contribution in [0.2, 0.25) is 0 Å². The second-order valence-electron chi connectivity index (χ2n) is 2.77. The molecule has 3 N–H and O–H groups in total. The van der Waals surface area contributed by atoms with Crippen molar-refractivity contribution in [3.8, 4) is 11.3 Å². The molecule has 0 aromatic carbocycles. The quantitative estimate of drug-likeness (QED) is 0.732. The lowest BCUT2D eigenvalue weighted by Gasteiger charge is -1.94. The maximum Gasteiger partial charge on any atom is 0.405 e. The predicted molar refractivity (Wildman–Crippen MR) is 54.6 cm³/mol. The molecule has 0 bridgehead atoms. The molecule has 0 aliphatic heterocycles. The summed E-state index contributed by atoms with van der Waals surface area (Å²) in [5.41, 5.74) is 1.70. The van der Waals surface area contributed by atoms with Crippen molar-refractivity contribution in [1.82, 2.24) is 20.5 Å². The summed E-state index contributed by atoms with van der Waals surface area (Å²) in [6.45, 7) is 0.234. The van der Waals surface area contributed by atoms with Gasteiger partial charge in [-0.1, -0.05) is 0 Å². The number of carboxylic acid groups (broad SMARTS) is 1. The molecule has 2 aromatic rings. The summed E-state index contributed by atoms with van der Waals surface area (Å²) in [6, 6.07) is 0. The van der Waals surface area contributed by atoms with Crippen molar-refractivity contribution in [2.75, 3.05) is 0 Å². The molecule has 2 rings (SSSR count). The lowest BCUT2D eigenvalue weighted by atomic mass is 10.3. The van der Waals surface area contributed by atoms with E-state index < -0.39 is 6.09 Å². The molecule has 0 atom stereocenters. The van der Waals surface area contributed by atoms with Gasteiger partial charge in [0, 0.05) is 17.1 Å². The molecule has 0 saturated carbocycles. The largest absolute Gasteiger partial charge is 0.465 e. The first-order valence-corrected chi connectivity index (χ1v) is 5.04.